The van der Waals surface area contributed by atoms with Gasteiger partial charge in [-0.05, 0) is 47.9 Å². The molecule has 0 bridgehead atoms. The Labute approximate surface area is 125 Å². The summed E-state index contributed by atoms with van der Waals surface area (Å²) in [6, 6.07) is 8.15. The smallest absolute Gasteiger partial charge is 0.161 e. The Bertz CT molecular complexity index is 609. The number of aryl methyl sites for hydroxylation is 1. The predicted octanol–water partition coefficient (Wildman–Crippen LogP) is 4.59. The summed E-state index contributed by atoms with van der Waals surface area (Å²) in [5.74, 6) is 1.33. The van der Waals surface area contributed by atoms with Gasteiger partial charge in [-0.3, -0.25) is 0 Å². The molecule has 3 rings (SSSR count). The molecular weight excluding hydrogens is 359 g/mol. The molecule has 0 spiro atoms. The first-order valence-corrected chi connectivity index (χ1v) is 7.41. The van der Waals surface area contributed by atoms with Gasteiger partial charge in [-0.25, -0.2) is 9.97 Å². The number of aromatic nitrogens is 2. The van der Waals surface area contributed by atoms with Gasteiger partial charge in [-0.15, -0.1) is 0 Å². The highest BCUT2D eigenvalue weighted by molar-refractivity contribution is 14.1. The molecule has 0 atom stereocenters. The van der Waals surface area contributed by atoms with Crippen LogP contribution in [0, 0.1) is 10.5 Å². The highest BCUT2D eigenvalue weighted by Crippen LogP contribution is 2.42. The molecule has 2 nitrogen and oxygen atoms in total. The lowest BCUT2D eigenvalue weighted by Gasteiger charge is -2.09. The Kier molecular flexibility index (Phi) is 3.28. The fourth-order valence-electron chi connectivity index (χ4n) is 2.01. The summed E-state index contributed by atoms with van der Waals surface area (Å²) in [6.45, 7) is 2.07. The molecule has 1 aliphatic carbocycles. The molecule has 92 valence electrons. The van der Waals surface area contributed by atoms with Crippen molar-refractivity contribution in [2.24, 2.45) is 0 Å². The molecule has 0 aliphatic heterocycles. The Hall–Kier alpha value is -0.680. The third kappa shape index (κ3) is 2.26. The van der Waals surface area contributed by atoms with E-state index in [9.17, 15) is 0 Å². The van der Waals surface area contributed by atoms with Crippen molar-refractivity contribution in [3.8, 4) is 11.4 Å². The number of benzene rings is 1. The van der Waals surface area contributed by atoms with Gasteiger partial charge >= 0.3 is 0 Å². The average Bonchev–Trinajstić information content (AvgIpc) is 3.17. The Morgan fingerprint density at radius 3 is 2.61 bits per heavy atom. The number of halogens is 2. The number of rotatable bonds is 2. The van der Waals surface area contributed by atoms with Gasteiger partial charge in [0.1, 0.15) is 5.15 Å². The molecule has 0 N–H and O–H groups in total. The van der Waals surface area contributed by atoms with Gasteiger partial charge in [0.2, 0.25) is 0 Å². The first kappa shape index (κ1) is 12.4. The normalized spacial score (nSPS) is 14.8. The summed E-state index contributed by atoms with van der Waals surface area (Å²) in [4.78, 5) is 9.14. The fourth-order valence-corrected chi connectivity index (χ4v) is 2.87. The number of nitrogens with zero attached hydrogens (tertiary/aromatic N) is 2. The molecule has 0 saturated heterocycles. The maximum atomic E-state index is 6.23. The first-order chi connectivity index (χ1) is 8.66. The van der Waals surface area contributed by atoms with E-state index in [-0.39, 0.29) is 0 Å². The van der Waals surface area contributed by atoms with Gasteiger partial charge in [0, 0.05) is 11.5 Å². The van der Waals surface area contributed by atoms with Crippen molar-refractivity contribution in [1.82, 2.24) is 9.97 Å². The fraction of sp³-hybridized carbons (Fsp3) is 0.286. The minimum Gasteiger partial charge on any atom is -0.232 e. The summed E-state index contributed by atoms with van der Waals surface area (Å²) >= 11 is 8.48. The molecule has 1 heterocycles. The topological polar surface area (TPSA) is 25.8 Å². The molecule has 0 unspecified atom stereocenters. The van der Waals surface area contributed by atoms with Crippen LogP contribution in [0.4, 0.5) is 0 Å². The van der Waals surface area contributed by atoms with E-state index in [1.807, 2.05) is 18.2 Å². The van der Waals surface area contributed by atoms with Crippen molar-refractivity contribution in [2.75, 3.05) is 0 Å². The Balaban J connectivity index is 2.16. The summed E-state index contributed by atoms with van der Waals surface area (Å²) in [7, 11) is 0. The van der Waals surface area contributed by atoms with Crippen molar-refractivity contribution in [3.63, 3.8) is 0 Å². The van der Waals surface area contributed by atoms with Crippen LogP contribution in [0.2, 0.25) is 5.15 Å². The van der Waals surface area contributed by atoms with Crippen LogP contribution in [-0.4, -0.2) is 9.97 Å². The zero-order chi connectivity index (χ0) is 12.7. The van der Waals surface area contributed by atoms with E-state index >= 15 is 0 Å². The maximum absolute atomic E-state index is 6.23. The molecule has 18 heavy (non-hydrogen) atoms. The summed E-state index contributed by atoms with van der Waals surface area (Å²) in [6.07, 6.45) is 2.44. The zero-order valence-corrected chi connectivity index (χ0v) is 12.9. The van der Waals surface area contributed by atoms with Crippen molar-refractivity contribution in [3.05, 3.63) is 44.2 Å². The summed E-state index contributed by atoms with van der Waals surface area (Å²) in [5.41, 5.74) is 3.36. The maximum Gasteiger partial charge on any atom is 0.161 e. The van der Waals surface area contributed by atoms with Crippen LogP contribution in [0.15, 0.2) is 24.3 Å². The van der Waals surface area contributed by atoms with E-state index in [0.717, 1.165) is 20.7 Å². The molecule has 2 aromatic rings. The SMILES string of the molecule is Cc1ccccc1-c1nc(Cl)c(I)c(C2CC2)n1. The second kappa shape index (κ2) is 4.78. The second-order valence-electron chi connectivity index (χ2n) is 4.63. The number of hydrogen-bond acceptors (Lipinski definition) is 2. The van der Waals surface area contributed by atoms with Gasteiger partial charge < -0.3 is 0 Å². The molecule has 0 radical (unpaired) electrons. The number of hydrogen-bond donors (Lipinski definition) is 0. The van der Waals surface area contributed by atoms with Crippen LogP contribution in [0.25, 0.3) is 11.4 Å². The van der Waals surface area contributed by atoms with Crippen molar-refractivity contribution < 1.29 is 0 Å². The van der Waals surface area contributed by atoms with E-state index in [4.69, 9.17) is 16.6 Å². The molecule has 1 aromatic heterocycles. The van der Waals surface area contributed by atoms with Gasteiger partial charge in [-0.1, -0.05) is 35.9 Å². The average molecular weight is 371 g/mol. The molecule has 0 amide bonds. The molecule has 1 saturated carbocycles. The lowest BCUT2D eigenvalue weighted by Crippen LogP contribution is -2.00. The molecule has 1 aliphatic rings. The largest absolute Gasteiger partial charge is 0.232 e. The van der Waals surface area contributed by atoms with E-state index in [1.54, 1.807) is 0 Å². The van der Waals surface area contributed by atoms with E-state index in [2.05, 4.69) is 40.6 Å². The van der Waals surface area contributed by atoms with Crippen molar-refractivity contribution in [1.29, 1.82) is 0 Å². The summed E-state index contributed by atoms with van der Waals surface area (Å²) in [5, 5.41) is 0.575. The Morgan fingerprint density at radius 1 is 1.22 bits per heavy atom. The quantitative estimate of drug-likeness (QED) is 0.571. The van der Waals surface area contributed by atoms with Crippen molar-refractivity contribution in [2.45, 2.75) is 25.7 Å². The summed E-state index contributed by atoms with van der Waals surface area (Å²) < 4.78 is 1.01. The molecule has 4 heteroatoms. The highest BCUT2D eigenvalue weighted by Gasteiger charge is 2.29. The zero-order valence-electron chi connectivity index (χ0n) is 9.95. The van der Waals surface area contributed by atoms with Crippen LogP contribution in [-0.2, 0) is 0 Å². The van der Waals surface area contributed by atoms with Gasteiger partial charge in [0.25, 0.3) is 0 Å². The van der Waals surface area contributed by atoms with Crippen LogP contribution in [0.1, 0.15) is 30.0 Å². The van der Waals surface area contributed by atoms with Crippen LogP contribution < -0.4 is 0 Å². The predicted molar refractivity (Wildman–Crippen MR) is 81.9 cm³/mol. The monoisotopic (exact) mass is 370 g/mol. The minimum absolute atomic E-state index is 0.575. The highest BCUT2D eigenvalue weighted by atomic mass is 127. The first-order valence-electron chi connectivity index (χ1n) is 5.95. The van der Waals surface area contributed by atoms with Crippen LogP contribution in [0.5, 0.6) is 0 Å². The minimum atomic E-state index is 0.575. The molecular formula is C14H12ClIN2. The van der Waals surface area contributed by atoms with Gasteiger partial charge in [0.05, 0.1) is 9.26 Å². The van der Waals surface area contributed by atoms with Crippen LogP contribution in [0.3, 0.4) is 0 Å². The van der Waals surface area contributed by atoms with Gasteiger partial charge in [-0.2, -0.15) is 0 Å². The Morgan fingerprint density at radius 2 is 1.94 bits per heavy atom. The van der Waals surface area contributed by atoms with Crippen LogP contribution >= 0.6 is 34.2 Å². The van der Waals surface area contributed by atoms with Crippen molar-refractivity contribution >= 4 is 34.2 Å². The third-order valence-electron chi connectivity index (χ3n) is 3.19. The third-order valence-corrected chi connectivity index (χ3v) is 4.84. The van der Waals surface area contributed by atoms with Gasteiger partial charge in [0.15, 0.2) is 5.82 Å². The molecule has 1 fully saturated rings. The van der Waals surface area contributed by atoms with E-state index < -0.39 is 0 Å². The van der Waals surface area contributed by atoms with E-state index in [1.165, 1.54) is 18.4 Å². The lowest BCUT2D eigenvalue weighted by molar-refractivity contribution is 0.977. The molecule has 1 aromatic carbocycles. The second-order valence-corrected chi connectivity index (χ2v) is 6.06. The van der Waals surface area contributed by atoms with E-state index in [0.29, 0.717) is 11.1 Å². The lowest BCUT2D eigenvalue weighted by atomic mass is 10.1. The standard InChI is InChI=1S/C14H12ClIN2/c1-8-4-2-3-5-10(8)14-17-12(9-6-7-9)11(16)13(15)18-14/h2-5,9H,6-7H2,1H3.